The first kappa shape index (κ1) is 15.3. The molecule has 0 radical (unpaired) electrons. The SMILES string of the molecule is NC(=NCCc1ccccn1)NCCc1ccc2c(c1)CCO2. The van der Waals surface area contributed by atoms with Crippen molar-refractivity contribution in [1.29, 1.82) is 0 Å². The van der Waals surface area contributed by atoms with Crippen molar-refractivity contribution in [1.82, 2.24) is 10.3 Å². The Kier molecular flexibility index (Phi) is 5.09. The van der Waals surface area contributed by atoms with Gasteiger partial charge in [-0.3, -0.25) is 9.98 Å². The van der Waals surface area contributed by atoms with Crippen LogP contribution in [0.15, 0.2) is 47.6 Å². The van der Waals surface area contributed by atoms with E-state index in [1.807, 2.05) is 18.2 Å². The van der Waals surface area contributed by atoms with Gasteiger partial charge in [-0.1, -0.05) is 18.2 Å². The number of nitrogens with two attached hydrogens (primary N) is 1. The van der Waals surface area contributed by atoms with Crippen molar-refractivity contribution in [3.63, 3.8) is 0 Å². The lowest BCUT2D eigenvalue weighted by molar-refractivity contribution is 0.357. The van der Waals surface area contributed by atoms with Crippen LogP contribution in [-0.4, -0.2) is 30.6 Å². The molecular weight excluding hydrogens is 288 g/mol. The first-order chi connectivity index (χ1) is 11.3. The first-order valence-electron chi connectivity index (χ1n) is 7.99. The molecule has 0 unspecified atom stereocenters. The van der Waals surface area contributed by atoms with Gasteiger partial charge in [0.15, 0.2) is 5.96 Å². The number of fused-ring (bicyclic) bond motifs is 1. The molecule has 1 aromatic carbocycles. The second-order valence-electron chi connectivity index (χ2n) is 5.56. The molecule has 5 nitrogen and oxygen atoms in total. The van der Waals surface area contributed by atoms with E-state index in [9.17, 15) is 0 Å². The summed E-state index contributed by atoms with van der Waals surface area (Å²) in [6.07, 6.45) is 4.52. The van der Waals surface area contributed by atoms with Gasteiger partial charge in [0.25, 0.3) is 0 Å². The van der Waals surface area contributed by atoms with Crippen molar-refractivity contribution in [2.24, 2.45) is 10.7 Å². The Bertz CT molecular complexity index is 670. The molecule has 120 valence electrons. The summed E-state index contributed by atoms with van der Waals surface area (Å²) in [5.41, 5.74) is 9.52. The standard InChI is InChI=1S/C18H22N4O/c19-18(22-11-7-16-3-1-2-9-20-16)21-10-6-14-4-5-17-15(13-14)8-12-23-17/h1-5,9,13H,6-8,10-12H2,(H3,19,21,22). The second-order valence-corrected chi connectivity index (χ2v) is 5.56. The van der Waals surface area contributed by atoms with E-state index in [0.29, 0.717) is 12.5 Å². The minimum Gasteiger partial charge on any atom is -0.493 e. The molecule has 23 heavy (non-hydrogen) atoms. The molecule has 1 aliphatic heterocycles. The van der Waals surface area contributed by atoms with Crippen molar-refractivity contribution < 1.29 is 4.74 Å². The molecule has 0 fully saturated rings. The van der Waals surface area contributed by atoms with Crippen molar-refractivity contribution in [3.8, 4) is 5.75 Å². The number of rotatable bonds is 6. The van der Waals surface area contributed by atoms with Gasteiger partial charge in [0.05, 0.1) is 6.61 Å². The fraction of sp³-hybridized carbons (Fsp3) is 0.333. The molecule has 0 saturated heterocycles. The molecule has 0 atom stereocenters. The lowest BCUT2D eigenvalue weighted by Gasteiger charge is -2.07. The van der Waals surface area contributed by atoms with Crippen LogP contribution in [0.5, 0.6) is 5.75 Å². The van der Waals surface area contributed by atoms with E-state index in [0.717, 1.165) is 43.9 Å². The largest absolute Gasteiger partial charge is 0.493 e. The first-order valence-corrected chi connectivity index (χ1v) is 7.99. The van der Waals surface area contributed by atoms with E-state index in [4.69, 9.17) is 10.5 Å². The maximum absolute atomic E-state index is 5.89. The Morgan fingerprint density at radius 1 is 1.26 bits per heavy atom. The number of aromatic nitrogens is 1. The summed E-state index contributed by atoms with van der Waals surface area (Å²) in [4.78, 5) is 8.60. The average Bonchev–Trinajstić information content (AvgIpc) is 3.03. The van der Waals surface area contributed by atoms with E-state index in [2.05, 4.69) is 33.5 Å². The molecule has 0 spiro atoms. The summed E-state index contributed by atoms with van der Waals surface area (Å²) in [5, 5.41) is 3.16. The molecule has 5 heteroatoms. The Hall–Kier alpha value is -2.56. The van der Waals surface area contributed by atoms with E-state index in [1.54, 1.807) is 6.20 Å². The lowest BCUT2D eigenvalue weighted by atomic mass is 10.1. The summed E-state index contributed by atoms with van der Waals surface area (Å²) in [7, 11) is 0. The van der Waals surface area contributed by atoms with Crippen LogP contribution in [0.1, 0.15) is 16.8 Å². The highest BCUT2D eigenvalue weighted by Crippen LogP contribution is 2.25. The number of pyridine rings is 1. The summed E-state index contributed by atoms with van der Waals surface area (Å²) < 4.78 is 5.52. The molecule has 2 heterocycles. The zero-order chi connectivity index (χ0) is 15.9. The number of nitrogens with zero attached hydrogens (tertiary/aromatic N) is 2. The monoisotopic (exact) mass is 310 g/mol. The van der Waals surface area contributed by atoms with E-state index in [-0.39, 0.29) is 0 Å². The zero-order valence-electron chi connectivity index (χ0n) is 13.2. The van der Waals surface area contributed by atoms with Gasteiger partial charge in [0, 0.05) is 37.8 Å². The van der Waals surface area contributed by atoms with Crippen LogP contribution in [0.3, 0.4) is 0 Å². The zero-order valence-corrected chi connectivity index (χ0v) is 13.2. The number of ether oxygens (including phenoxy) is 1. The lowest BCUT2D eigenvalue weighted by Crippen LogP contribution is -2.33. The van der Waals surface area contributed by atoms with Crippen LogP contribution in [-0.2, 0) is 19.3 Å². The summed E-state index contributed by atoms with van der Waals surface area (Å²) in [6, 6.07) is 12.3. The number of guanidine groups is 1. The Labute approximate surface area is 136 Å². The highest BCUT2D eigenvalue weighted by Gasteiger charge is 2.11. The van der Waals surface area contributed by atoms with Gasteiger partial charge in [-0.15, -0.1) is 0 Å². The molecule has 0 amide bonds. The second kappa shape index (κ2) is 7.63. The molecule has 3 N–H and O–H groups in total. The quantitative estimate of drug-likeness (QED) is 0.629. The molecule has 1 aromatic heterocycles. The Balaban J connectivity index is 1.40. The van der Waals surface area contributed by atoms with Crippen molar-refractivity contribution in [2.45, 2.75) is 19.3 Å². The molecule has 3 rings (SSSR count). The van der Waals surface area contributed by atoms with Gasteiger partial charge in [-0.25, -0.2) is 0 Å². The Morgan fingerprint density at radius 3 is 3.09 bits per heavy atom. The van der Waals surface area contributed by atoms with Crippen LogP contribution in [0.4, 0.5) is 0 Å². The van der Waals surface area contributed by atoms with E-state index < -0.39 is 0 Å². The molecular formula is C18H22N4O. The minimum absolute atomic E-state index is 0.491. The third-order valence-electron chi connectivity index (χ3n) is 3.85. The topological polar surface area (TPSA) is 72.5 Å². The predicted molar refractivity (Wildman–Crippen MR) is 91.8 cm³/mol. The van der Waals surface area contributed by atoms with Crippen molar-refractivity contribution in [3.05, 3.63) is 59.4 Å². The maximum atomic E-state index is 5.89. The average molecular weight is 310 g/mol. The van der Waals surface area contributed by atoms with Gasteiger partial charge in [0.1, 0.15) is 5.75 Å². The molecule has 0 saturated carbocycles. The fourth-order valence-corrected chi connectivity index (χ4v) is 2.62. The van der Waals surface area contributed by atoms with Crippen LogP contribution < -0.4 is 15.8 Å². The molecule has 1 aliphatic rings. The highest BCUT2D eigenvalue weighted by atomic mass is 16.5. The van der Waals surface area contributed by atoms with Gasteiger partial charge in [-0.05, 0) is 35.7 Å². The van der Waals surface area contributed by atoms with Gasteiger partial charge < -0.3 is 15.8 Å². The van der Waals surface area contributed by atoms with Crippen LogP contribution in [0, 0.1) is 0 Å². The number of hydrogen-bond donors (Lipinski definition) is 2. The maximum Gasteiger partial charge on any atom is 0.188 e. The number of nitrogens with one attached hydrogen (secondary N) is 1. The normalized spacial score (nSPS) is 13.5. The van der Waals surface area contributed by atoms with Crippen molar-refractivity contribution in [2.75, 3.05) is 19.7 Å². The van der Waals surface area contributed by atoms with Gasteiger partial charge >= 0.3 is 0 Å². The summed E-state index contributed by atoms with van der Waals surface area (Å²) in [5.74, 6) is 1.52. The summed E-state index contributed by atoms with van der Waals surface area (Å²) >= 11 is 0. The predicted octanol–water partition coefficient (Wildman–Crippen LogP) is 1.71. The molecule has 0 bridgehead atoms. The smallest absolute Gasteiger partial charge is 0.188 e. The summed E-state index contributed by atoms with van der Waals surface area (Å²) in [6.45, 7) is 2.22. The Morgan fingerprint density at radius 2 is 2.22 bits per heavy atom. The minimum atomic E-state index is 0.491. The number of hydrogen-bond acceptors (Lipinski definition) is 3. The third kappa shape index (κ3) is 4.45. The fourth-order valence-electron chi connectivity index (χ4n) is 2.62. The van der Waals surface area contributed by atoms with Crippen LogP contribution >= 0.6 is 0 Å². The van der Waals surface area contributed by atoms with Crippen LogP contribution in [0.25, 0.3) is 0 Å². The van der Waals surface area contributed by atoms with Gasteiger partial charge in [-0.2, -0.15) is 0 Å². The molecule has 0 aliphatic carbocycles. The van der Waals surface area contributed by atoms with Crippen molar-refractivity contribution >= 4 is 5.96 Å². The van der Waals surface area contributed by atoms with E-state index >= 15 is 0 Å². The highest BCUT2D eigenvalue weighted by molar-refractivity contribution is 5.77. The van der Waals surface area contributed by atoms with E-state index in [1.165, 1.54) is 11.1 Å². The molecule has 2 aromatic rings. The number of benzene rings is 1. The third-order valence-corrected chi connectivity index (χ3v) is 3.85. The van der Waals surface area contributed by atoms with Crippen LogP contribution in [0.2, 0.25) is 0 Å². The number of aliphatic imine (C=N–C) groups is 1. The van der Waals surface area contributed by atoms with Gasteiger partial charge in [0.2, 0.25) is 0 Å².